The molecule has 5 rings (SSSR count). The van der Waals surface area contributed by atoms with Crippen LogP contribution in [0.15, 0.2) is 126 Å². The van der Waals surface area contributed by atoms with E-state index in [1.165, 1.54) is 54.3 Å². The molecule has 0 amide bonds. The van der Waals surface area contributed by atoms with Gasteiger partial charge in [-0.3, -0.25) is 4.55 Å². The minimum absolute atomic E-state index is 0.0707. The zero-order valence-corrected chi connectivity index (χ0v) is 33.0. The molecule has 0 unspecified atom stereocenters. The van der Waals surface area contributed by atoms with Crippen molar-refractivity contribution in [3.63, 3.8) is 0 Å². The molecule has 0 saturated heterocycles. The van der Waals surface area contributed by atoms with Crippen LogP contribution in [-0.4, -0.2) is 26.1 Å². The van der Waals surface area contributed by atoms with Gasteiger partial charge < -0.3 is 9.80 Å². The van der Waals surface area contributed by atoms with E-state index in [4.69, 9.17) is 0 Å². The number of rotatable bonds is 20. The van der Waals surface area contributed by atoms with E-state index in [0.717, 1.165) is 74.1 Å². The van der Waals surface area contributed by atoms with Crippen molar-refractivity contribution in [2.24, 2.45) is 0 Å². The fraction of sp³-hybridized carbons (Fsp3) is 0.362. The molecule has 0 heterocycles. The highest BCUT2D eigenvalue weighted by Crippen LogP contribution is 2.38. The van der Waals surface area contributed by atoms with Gasteiger partial charge in [0.05, 0.1) is 4.90 Å². The average Bonchev–Trinajstić information content (AvgIpc) is 3.18. The van der Waals surface area contributed by atoms with Crippen molar-refractivity contribution >= 4 is 32.9 Å². The highest BCUT2D eigenvalue weighted by Gasteiger charge is 2.25. The summed E-state index contributed by atoms with van der Waals surface area (Å²) in [5.74, 6) is -0.417. The molecule has 0 radical (unpaired) electrons. The van der Waals surface area contributed by atoms with E-state index < -0.39 is 16.0 Å². The first-order valence-electron chi connectivity index (χ1n) is 19.8. The van der Waals surface area contributed by atoms with Crippen LogP contribution in [0.3, 0.4) is 0 Å². The molecule has 0 bridgehead atoms. The number of unbranched alkanes of at least 4 members (excludes halogenated alkanes) is 4. The third-order valence-electron chi connectivity index (χ3n) is 10.2. The van der Waals surface area contributed by atoms with Gasteiger partial charge in [-0.15, -0.1) is 0 Å². The molecule has 53 heavy (non-hydrogen) atoms. The summed E-state index contributed by atoms with van der Waals surface area (Å²) in [5, 5.41) is 0. The van der Waals surface area contributed by atoms with Gasteiger partial charge in [-0.2, -0.15) is 8.42 Å². The van der Waals surface area contributed by atoms with E-state index in [-0.39, 0.29) is 4.90 Å². The van der Waals surface area contributed by atoms with E-state index in [9.17, 15) is 13.0 Å². The zero-order valence-electron chi connectivity index (χ0n) is 32.2. The smallest absolute Gasteiger partial charge is 0.294 e. The first-order chi connectivity index (χ1) is 25.8. The van der Waals surface area contributed by atoms with E-state index in [2.05, 4.69) is 135 Å². The minimum Gasteiger partial charge on any atom is -0.341 e. The normalized spacial score (nSPS) is 11.6. The maximum atomic E-state index is 12.7. The van der Waals surface area contributed by atoms with Crippen LogP contribution < -0.4 is 9.80 Å². The van der Waals surface area contributed by atoms with Crippen LogP contribution in [0.25, 0.3) is 0 Å². The molecule has 0 aliphatic heterocycles. The number of anilines is 4. The molecule has 6 heteroatoms. The summed E-state index contributed by atoms with van der Waals surface area (Å²) in [5.41, 5.74) is 9.69. The van der Waals surface area contributed by atoms with Crippen molar-refractivity contribution in [3.05, 3.63) is 149 Å². The lowest BCUT2D eigenvalue weighted by atomic mass is 9.85. The van der Waals surface area contributed by atoms with Gasteiger partial charge in [0.2, 0.25) is 0 Å². The van der Waals surface area contributed by atoms with Crippen LogP contribution in [0, 0.1) is 0 Å². The third kappa shape index (κ3) is 10.6. The van der Waals surface area contributed by atoms with E-state index in [1.807, 2.05) is 12.1 Å². The molecule has 280 valence electrons. The second-order valence-electron chi connectivity index (χ2n) is 14.2. The van der Waals surface area contributed by atoms with Crippen molar-refractivity contribution in [2.75, 3.05) is 22.9 Å². The topological polar surface area (TPSA) is 60.9 Å². The molecule has 5 aromatic rings. The van der Waals surface area contributed by atoms with Crippen molar-refractivity contribution in [1.82, 2.24) is 0 Å². The van der Waals surface area contributed by atoms with Crippen LogP contribution >= 0.6 is 0 Å². The summed E-state index contributed by atoms with van der Waals surface area (Å²) < 4.78 is 35.8. The van der Waals surface area contributed by atoms with Crippen molar-refractivity contribution in [3.8, 4) is 0 Å². The Morgan fingerprint density at radius 2 is 0.849 bits per heavy atom. The second kappa shape index (κ2) is 19.6. The summed E-state index contributed by atoms with van der Waals surface area (Å²) in [6.07, 6.45) is 11.2. The Balaban J connectivity index is 1.52. The van der Waals surface area contributed by atoms with Crippen LogP contribution in [0.4, 0.5) is 22.7 Å². The number of aryl methyl sites for hydroxylation is 2. The van der Waals surface area contributed by atoms with Crippen molar-refractivity contribution in [2.45, 2.75) is 103 Å². The lowest BCUT2D eigenvalue weighted by Crippen LogP contribution is -2.19. The molecule has 0 aliphatic carbocycles. The van der Waals surface area contributed by atoms with Gasteiger partial charge >= 0.3 is 0 Å². The highest BCUT2D eigenvalue weighted by molar-refractivity contribution is 7.85. The predicted octanol–water partition coefficient (Wildman–Crippen LogP) is 12.7. The maximum Gasteiger partial charge on any atom is 0.294 e. The Bertz CT molecular complexity index is 1830. The zero-order chi connectivity index (χ0) is 37.6. The molecule has 0 fully saturated rings. The molecular weight excluding hydrogens is 673 g/mol. The summed E-state index contributed by atoms with van der Waals surface area (Å²) in [4.78, 5) is 4.67. The molecule has 0 spiro atoms. The predicted molar refractivity (Wildman–Crippen MR) is 224 cm³/mol. The summed E-state index contributed by atoms with van der Waals surface area (Å²) >= 11 is 0. The van der Waals surface area contributed by atoms with E-state index >= 15 is 0 Å². The SMILES string of the molecule is CCCCc1ccc(N(CCCC)c2ccc(C(c3ccc(N(CCCC)c4ccc(CCCC)cc4)cc3)c3ccccc3S(=O)(=O)O)cc2)cc1. The molecule has 5 nitrogen and oxygen atoms in total. The van der Waals surface area contributed by atoms with Gasteiger partial charge in [0.25, 0.3) is 10.1 Å². The Labute approximate surface area is 319 Å². The van der Waals surface area contributed by atoms with Gasteiger partial charge in [0, 0.05) is 41.8 Å². The number of nitrogens with zero attached hydrogens (tertiary/aromatic N) is 2. The molecule has 1 N–H and O–H groups in total. The lowest BCUT2D eigenvalue weighted by Gasteiger charge is -2.28. The van der Waals surface area contributed by atoms with Crippen molar-refractivity contribution < 1.29 is 13.0 Å². The molecular formula is C47H58N2O3S. The van der Waals surface area contributed by atoms with Gasteiger partial charge in [-0.25, -0.2) is 0 Å². The van der Waals surface area contributed by atoms with Crippen LogP contribution in [0.2, 0.25) is 0 Å². The van der Waals surface area contributed by atoms with Gasteiger partial charge in [0.1, 0.15) is 0 Å². The fourth-order valence-corrected chi connectivity index (χ4v) is 7.83. The lowest BCUT2D eigenvalue weighted by molar-refractivity contribution is 0.482. The molecule has 0 aliphatic rings. The number of hydrogen-bond donors (Lipinski definition) is 1. The standard InChI is InChI=1S/C47H58N2O3S/c1-5-9-15-37-19-27-41(28-20-37)48(35-11-7-3)43-31-23-39(24-32-43)47(45-17-13-14-18-46(45)53(50,51)52)40-25-33-44(34-26-40)49(36-12-8-4)42-29-21-38(22-30-42)16-10-6-2/h13-14,17-34,47H,5-12,15-16,35-36H2,1-4H3,(H,50,51,52). The molecule has 0 aromatic heterocycles. The minimum atomic E-state index is -4.47. The van der Waals surface area contributed by atoms with Gasteiger partial charge in [-0.1, -0.05) is 120 Å². The third-order valence-corrected chi connectivity index (χ3v) is 11.1. The maximum absolute atomic E-state index is 12.7. The Morgan fingerprint density at radius 3 is 1.21 bits per heavy atom. The highest BCUT2D eigenvalue weighted by atomic mass is 32.2. The van der Waals surface area contributed by atoms with Crippen molar-refractivity contribution in [1.29, 1.82) is 0 Å². The Hall–Kier alpha value is -4.39. The quantitative estimate of drug-likeness (QED) is 0.0638. The van der Waals surface area contributed by atoms with Crippen LogP contribution in [0.5, 0.6) is 0 Å². The largest absolute Gasteiger partial charge is 0.341 e. The number of benzene rings is 5. The van der Waals surface area contributed by atoms with Crippen LogP contribution in [0.1, 0.15) is 113 Å². The van der Waals surface area contributed by atoms with Gasteiger partial charge in [0.15, 0.2) is 0 Å². The average molecular weight is 731 g/mol. The second-order valence-corrected chi connectivity index (χ2v) is 15.6. The molecule has 0 saturated carbocycles. The summed E-state index contributed by atoms with van der Waals surface area (Å²) in [7, 11) is -4.47. The first-order valence-corrected chi connectivity index (χ1v) is 21.2. The first kappa shape index (κ1) is 39.8. The Morgan fingerprint density at radius 1 is 0.491 bits per heavy atom. The van der Waals surface area contributed by atoms with E-state index in [0.29, 0.717) is 5.56 Å². The van der Waals surface area contributed by atoms with E-state index in [1.54, 1.807) is 6.07 Å². The summed E-state index contributed by atoms with van der Waals surface area (Å²) in [6.45, 7) is 10.7. The molecule has 0 atom stereocenters. The fourth-order valence-electron chi connectivity index (χ4n) is 7.09. The number of hydrogen-bond acceptors (Lipinski definition) is 4. The monoisotopic (exact) mass is 730 g/mol. The van der Waals surface area contributed by atoms with Gasteiger partial charge in [-0.05, 0) is 121 Å². The summed E-state index contributed by atoms with van der Waals surface area (Å²) in [6, 6.07) is 41.7. The Kier molecular flexibility index (Phi) is 14.7. The molecule has 5 aromatic carbocycles. The van der Waals surface area contributed by atoms with Crippen LogP contribution in [-0.2, 0) is 23.0 Å².